The fourth-order valence-corrected chi connectivity index (χ4v) is 9.29. The average molecular weight is 883 g/mol. The summed E-state index contributed by atoms with van der Waals surface area (Å²) in [6, 6.07) is 45.5. The molecule has 2 amide bonds. The lowest BCUT2D eigenvalue weighted by Crippen LogP contribution is -2.43. The van der Waals surface area contributed by atoms with Crippen LogP contribution in [0.2, 0.25) is 0 Å². The number of rotatable bonds is 12. The number of aryl methyl sites for hydroxylation is 1. The lowest BCUT2D eigenvalue weighted by Gasteiger charge is -2.17. The molecule has 2 heterocycles. The predicted octanol–water partition coefficient (Wildman–Crippen LogP) is 10.3. The van der Waals surface area contributed by atoms with Crippen molar-refractivity contribution in [1.29, 1.82) is 0 Å². The summed E-state index contributed by atoms with van der Waals surface area (Å²) >= 11 is 0. The van der Waals surface area contributed by atoms with Crippen LogP contribution in [0.3, 0.4) is 0 Å². The standard InChI is InChI=1S/C27H24N2O4.C26H22N2O4.CH4/c1-16-22(21-12-6-7-13-24(21)28-16)14-25(26(30)31)29-27(32)33-15-23-19-10-4-2-8-17(19)18-9-3-5-11-20(18)23;29-25(30)24(13-16-14-27-23-12-6-5-7-17(16)23)28-26(31)32-15-22-20-10-3-1-8-18(20)19-9-2-4-11-21(19)22;/h2-13,23,25,28H,14-15H2,1H3,(H,29,32)(H,30,31);1-12,14,22,24,27H,13,15H2,(H,28,31)(H,29,30);1H4/t;24-;/m.0./s1. The molecule has 0 saturated heterocycles. The zero-order valence-electron chi connectivity index (χ0n) is 35.4. The molecule has 66 heavy (non-hydrogen) atoms. The van der Waals surface area contributed by atoms with Crippen molar-refractivity contribution in [2.45, 2.75) is 51.1 Å². The minimum Gasteiger partial charge on any atom is -0.480 e. The summed E-state index contributed by atoms with van der Waals surface area (Å²) < 4.78 is 11.0. The molecule has 8 aromatic rings. The molecule has 12 nitrogen and oxygen atoms in total. The lowest BCUT2D eigenvalue weighted by atomic mass is 9.98. The van der Waals surface area contributed by atoms with Gasteiger partial charge in [0.25, 0.3) is 0 Å². The predicted molar refractivity (Wildman–Crippen MR) is 255 cm³/mol. The van der Waals surface area contributed by atoms with E-state index in [1.807, 2.05) is 128 Å². The highest BCUT2D eigenvalue weighted by Crippen LogP contribution is 2.45. The Morgan fingerprint density at radius 3 is 1.41 bits per heavy atom. The zero-order chi connectivity index (χ0) is 45.0. The molecule has 1 unspecified atom stereocenters. The highest BCUT2D eigenvalue weighted by Gasteiger charge is 2.32. The normalized spacial score (nSPS) is 13.2. The van der Waals surface area contributed by atoms with Gasteiger partial charge >= 0.3 is 24.1 Å². The number of ether oxygens (including phenoxy) is 2. The molecule has 334 valence electrons. The number of amides is 2. The second kappa shape index (κ2) is 19.3. The van der Waals surface area contributed by atoms with Gasteiger partial charge < -0.3 is 40.3 Å². The van der Waals surface area contributed by atoms with Crippen molar-refractivity contribution < 1.29 is 38.9 Å². The molecular weight excluding hydrogens is 833 g/mol. The molecule has 0 aliphatic heterocycles. The summed E-state index contributed by atoms with van der Waals surface area (Å²) in [6.45, 7) is 2.18. The molecular formula is C54H50N4O8. The highest BCUT2D eigenvalue weighted by atomic mass is 16.6. The van der Waals surface area contributed by atoms with Crippen LogP contribution in [-0.4, -0.2) is 69.6 Å². The van der Waals surface area contributed by atoms with Crippen LogP contribution in [0.1, 0.15) is 58.3 Å². The van der Waals surface area contributed by atoms with Gasteiger partial charge in [-0.1, -0.05) is 141 Å². The van der Waals surface area contributed by atoms with E-state index in [-0.39, 0.29) is 45.3 Å². The minimum atomic E-state index is -1.11. The second-order valence-corrected chi connectivity index (χ2v) is 16.3. The van der Waals surface area contributed by atoms with Crippen LogP contribution < -0.4 is 10.6 Å². The second-order valence-electron chi connectivity index (χ2n) is 16.3. The van der Waals surface area contributed by atoms with Gasteiger partial charge in [0.15, 0.2) is 0 Å². The third kappa shape index (κ3) is 8.98. The molecule has 2 aliphatic rings. The molecule has 12 heteroatoms. The molecule has 2 aliphatic carbocycles. The van der Waals surface area contributed by atoms with Crippen LogP contribution >= 0.6 is 0 Å². The van der Waals surface area contributed by atoms with E-state index < -0.39 is 36.2 Å². The Bertz CT molecular complexity index is 2990. The number of carbonyl (C=O) groups excluding carboxylic acids is 2. The Morgan fingerprint density at radius 1 is 0.545 bits per heavy atom. The fraction of sp³-hybridized carbons (Fsp3) is 0.185. The van der Waals surface area contributed by atoms with E-state index in [0.29, 0.717) is 0 Å². The molecule has 0 radical (unpaired) electrons. The summed E-state index contributed by atoms with van der Waals surface area (Å²) in [5.74, 6) is -2.37. The fourth-order valence-electron chi connectivity index (χ4n) is 9.29. The Hall–Kier alpha value is -8.12. The summed E-state index contributed by atoms with van der Waals surface area (Å²) in [5.41, 5.74) is 13.4. The van der Waals surface area contributed by atoms with Crippen molar-refractivity contribution in [3.8, 4) is 22.3 Å². The van der Waals surface area contributed by atoms with Crippen LogP contribution in [-0.2, 0) is 31.9 Å². The summed E-state index contributed by atoms with van der Waals surface area (Å²) in [5, 5.41) is 26.3. The molecule has 10 rings (SSSR count). The van der Waals surface area contributed by atoms with Gasteiger partial charge in [-0.2, -0.15) is 0 Å². The highest BCUT2D eigenvalue weighted by molar-refractivity contribution is 5.88. The van der Waals surface area contributed by atoms with Crippen molar-refractivity contribution in [2.24, 2.45) is 0 Å². The van der Waals surface area contributed by atoms with Crippen LogP contribution in [0.5, 0.6) is 0 Å². The van der Waals surface area contributed by atoms with Crippen molar-refractivity contribution in [3.63, 3.8) is 0 Å². The van der Waals surface area contributed by atoms with Crippen LogP contribution in [0.25, 0.3) is 44.1 Å². The minimum absolute atomic E-state index is 0. The number of hydrogen-bond donors (Lipinski definition) is 6. The maximum Gasteiger partial charge on any atom is 0.407 e. The number of carboxylic acid groups (broad SMARTS) is 2. The van der Waals surface area contributed by atoms with Crippen molar-refractivity contribution in [1.82, 2.24) is 20.6 Å². The number of aromatic nitrogens is 2. The smallest absolute Gasteiger partial charge is 0.407 e. The number of carbonyl (C=O) groups is 4. The van der Waals surface area contributed by atoms with Gasteiger partial charge in [0.05, 0.1) is 0 Å². The first-order valence-electron chi connectivity index (χ1n) is 21.4. The topological polar surface area (TPSA) is 183 Å². The van der Waals surface area contributed by atoms with Gasteiger partial charge in [0.2, 0.25) is 0 Å². The molecule has 2 atom stereocenters. The van der Waals surface area contributed by atoms with Crippen molar-refractivity contribution in [2.75, 3.05) is 13.2 Å². The number of hydrogen-bond acceptors (Lipinski definition) is 6. The molecule has 6 aromatic carbocycles. The maximum atomic E-state index is 12.6. The monoisotopic (exact) mass is 882 g/mol. The quantitative estimate of drug-likeness (QED) is 0.0701. The van der Waals surface area contributed by atoms with Gasteiger partial charge in [-0.3, -0.25) is 0 Å². The van der Waals surface area contributed by atoms with Gasteiger partial charge in [-0.25, -0.2) is 19.2 Å². The molecule has 6 N–H and O–H groups in total. The number of fused-ring (bicyclic) bond motifs is 8. The maximum absolute atomic E-state index is 12.6. The first kappa shape index (κ1) is 44.5. The Labute approximate surface area is 381 Å². The summed E-state index contributed by atoms with van der Waals surface area (Å²) in [6.07, 6.45) is 0.625. The van der Waals surface area contributed by atoms with Crippen LogP contribution in [0.4, 0.5) is 9.59 Å². The first-order valence-corrected chi connectivity index (χ1v) is 21.4. The summed E-state index contributed by atoms with van der Waals surface area (Å²) in [7, 11) is 0. The lowest BCUT2D eigenvalue weighted by molar-refractivity contribution is -0.140. The van der Waals surface area contributed by atoms with Gasteiger partial charge in [-0.15, -0.1) is 0 Å². The number of benzene rings is 6. The number of nitrogens with one attached hydrogen (secondary N) is 4. The van der Waals surface area contributed by atoms with E-state index in [0.717, 1.165) is 83.1 Å². The van der Waals surface area contributed by atoms with Gasteiger partial charge in [-0.05, 0) is 74.7 Å². The van der Waals surface area contributed by atoms with Crippen molar-refractivity contribution >= 4 is 45.9 Å². The molecule has 0 fully saturated rings. The number of aromatic amines is 2. The van der Waals surface area contributed by atoms with E-state index in [9.17, 15) is 29.4 Å². The number of alkyl carbamates (subject to hydrolysis) is 2. The molecule has 0 saturated carbocycles. The van der Waals surface area contributed by atoms with Gasteiger partial charge in [0, 0.05) is 58.4 Å². The van der Waals surface area contributed by atoms with Crippen LogP contribution in [0, 0.1) is 6.92 Å². The van der Waals surface area contributed by atoms with E-state index in [4.69, 9.17) is 9.47 Å². The number of para-hydroxylation sites is 2. The average Bonchev–Trinajstić information content (AvgIpc) is 4.06. The van der Waals surface area contributed by atoms with E-state index in [1.54, 1.807) is 6.20 Å². The first-order chi connectivity index (χ1) is 31.6. The van der Waals surface area contributed by atoms with E-state index >= 15 is 0 Å². The molecule has 0 bridgehead atoms. The third-order valence-electron chi connectivity index (χ3n) is 12.4. The summed E-state index contributed by atoms with van der Waals surface area (Å²) in [4.78, 5) is 55.3. The third-order valence-corrected chi connectivity index (χ3v) is 12.4. The van der Waals surface area contributed by atoms with E-state index in [1.165, 1.54) is 0 Å². The number of aliphatic carboxylic acids is 2. The van der Waals surface area contributed by atoms with Gasteiger partial charge in [0.1, 0.15) is 25.3 Å². The largest absolute Gasteiger partial charge is 0.480 e. The SMILES string of the molecule is C.Cc1[nH]c2ccccc2c1CC(NC(=O)OCC1c2ccccc2-c2ccccc21)C(=O)O.O=C(N[C@@H](Cc1c[nH]c2ccccc12)C(=O)O)OCC1c2ccccc2-c2ccccc21. The van der Waals surface area contributed by atoms with Crippen LogP contribution in [0.15, 0.2) is 152 Å². The van der Waals surface area contributed by atoms with E-state index in [2.05, 4.69) is 44.9 Å². The Kier molecular flexibility index (Phi) is 13.0. The molecule has 2 aromatic heterocycles. The Balaban J connectivity index is 0.000000177. The van der Waals surface area contributed by atoms with Crippen molar-refractivity contribution in [3.05, 3.63) is 191 Å². The zero-order valence-corrected chi connectivity index (χ0v) is 35.4. The molecule has 0 spiro atoms. The Morgan fingerprint density at radius 2 is 0.939 bits per heavy atom. The number of H-pyrrole nitrogens is 2. The number of carboxylic acids is 2.